The van der Waals surface area contributed by atoms with Gasteiger partial charge in [-0.1, -0.05) is 37.3 Å². The molecule has 1 aromatic rings. The minimum atomic E-state index is -1.16. The maximum absolute atomic E-state index is 13.3. The first-order valence-corrected chi connectivity index (χ1v) is 15.4. The summed E-state index contributed by atoms with van der Waals surface area (Å²) in [6.07, 6.45) is 4.57. The molecular formula is C33H45NO7. The molecule has 6 fully saturated rings. The number of aliphatic hydroxyl groups excluding tert-OH is 1. The molecule has 8 nitrogen and oxygen atoms in total. The molecule has 7 rings (SSSR count). The van der Waals surface area contributed by atoms with E-state index >= 15 is 0 Å². The fourth-order valence-electron chi connectivity index (χ4n) is 11.7. The molecular weight excluding hydrogens is 522 g/mol. The number of nitrogens with zero attached hydrogens (tertiary/aromatic N) is 1. The fourth-order valence-corrected chi connectivity index (χ4v) is 11.7. The minimum Gasteiger partial charge on any atom is -0.458 e. The van der Waals surface area contributed by atoms with Gasteiger partial charge >= 0.3 is 5.97 Å². The normalized spacial score (nSPS) is 49.4. The van der Waals surface area contributed by atoms with Crippen molar-refractivity contribution in [1.29, 1.82) is 0 Å². The van der Waals surface area contributed by atoms with Gasteiger partial charge in [-0.25, -0.2) is 4.79 Å². The third kappa shape index (κ3) is 3.52. The molecule has 1 unspecified atom stereocenters. The predicted molar refractivity (Wildman–Crippen MR) is 152 cm³/mol. The zero-order valence-corrected chi connectivity index (χ0v) is 24.6. The summed E-state index contributed by atoms with van der Waals surface area (Å²) in [5.41, 5.74) is -0.881. The molecule has 13 atom stereocenters. The van der Waals surface area contributed by atoms with E-state index < -0.39 is 29.2 Å². The van der Waals surface area contributed by atoms with E-state index in [1.165, 1.54) is 6.08 Å². The molecule has 0 amide bonds. The lowest BCUT2D eigenvalue weighted by atomic mass is 9.43. The summed E-state index contributed by atoms with van der Waals surface area (Å²) < 4.78 is 24.7. The second kappa shape index (κ2) is 9.86. The standard InChI is InChI=1S/C33H45NO7/c1-5-34-17-31(18-38-2)14-13-23(35)33-21-15-20-22(39-3)16-32(37,26(30(33)34)28(40-4)29(31)33)25(21)27(20)41-24(36)12-11-19-9-7-6-8-10-19/h6-12,20-23,25-30,35,37H,5,13-18H2,1-4H3/b12-11+/t20-,21-,22+,23+,25-,26-,27+,28+,29-,30?,31+,32-,33+/m1/s1. The highest BCUT2D eigenvalue weighted by molar-refractivity contribution is 5.87. The first kappa shape index (κ1) is 28.0. The largest absolute Gasteiger partial charge is 0.458 e. The second-order valence-corrected chi connectivity index (χ2v) is 13.7. The lowest BCUT2D eigenvalue weighted by molar-refractivity contribution is -0.273. The lowest BCUT2D eigenvalue weighted by Gasteiger charge is -2.68. The first-order valence-electron chi connectivity index (χ1n) is 15.4. The van der Waals surface area contributed by atoms with Crippen LogP contribution >= 0.6 is 0 Å². The molecule has 5 saturated carbocycles. The lowest BCUT2D eigenvalue weighted by Crippen LogP contribution is -2.76. The van der Waals surface area contributed by atoms with Crippen molar-refractivity contribution in [3.8, 4) is 0 Å². The number of esters is 1. The molecule has 1 aromatic carbocycles. The Kier molecular flexibility index (Phi) is 6.73. The van der Waals surface area contributed by atoms with Crippen LogP contribution in [-0.2, 0) is 23.7 Å². The van der Waals surface area contributed by atoms with Crippen molar-refractivity contribution < 1.29 is 34.0 Å². The van der Waals surface area contributed by atoms with Crippen LogP contribution in [0.5, 0.6) is 0 Å². The summed E-state index contributed by atoms with van der Waals surface area (Å²) in [6, 6.07) is 9.68. The van der Waals surface area contributed by atoms with Crippen LogP contribution in [0.1, 0.15) is 38.2 Å². The van der Waals surface area contributed by atoms with E-state index in [2.05, 4.69) is 11.8 Å². The number of rotatable bonds is 8. The second-order valence-electron chi connectivity index (χ2n) is 13.7. The summed E-state index contributed by atoms with van der Waals surface area (Å²) in [6.45, 7) is 4.50. The molecule has 7 bridgehead atoms. The number of fused-ring (bicyclic) bond motifs is 2. The van der Waals surface area contributed by atoms with Crippen LogP contribution in [0.3, 0.4) is 0 Å². The van der Waals surface area contributed by atoms with Crippen molar-refractivity contribution in [1.82, 2.24) is 4.90 Å². The SMILES string of the molecule is CCN1C[C@]2(COC)CC[C@H](O)[C@]34C1[C@@H]([C@H](OC)[C@H]23)[C@@]1(O)C[C@H](OC)[C@H]2C[C@@H]4[C@@H]1[C@H]2OC(=O)/C=C/c1ccccc1. The Morgan fingerprint density at radius 1 is 1.12 bits per heavy atom. The maximum atomic E-state index is 13.3. The van der Waals surface area contributed by atoms with Crippen LogP contribution in [0.15, 0.2) is 36.4 Å². The average molecular weight is 568 g/mol. The highest BCUT2D eigenvalue weighted by atomic mass is 16.5. The maximum Gasteiger partial charge on any atom is 0.331 e. The van der Waals surface area contributed by atoms with E-state index in [0.717, 1.165) is 31.5 Å². The summed E-state index contributed by atoms with van der Waals surface area (Å²) in [5, 5.41) is 25.2. The summed E-state index contributed by atoms with van der Waals surface area (Å²) in [4.78, 5) is 15.8. The highest BCUT2D eigenvalue weighted by Crippen LogP contribution is 2.79. The number of benzene rings is 1. The number of methoxy groups -OCH3 is 3. The quantitative estimate of drug-likeness (QED) is 0.366. The van der Waals surface area contributed by atoms with Gasteiger partial charge in [0.1, 0.15) is 6.10 Å². The van der Waals surface area contributed by atoms with Gasteiger partial charge in [0, 0.05) is 80.9 Å². The van der Waals surface area contributed by atoms with Gasteiger partial charge in [0.25, 0.3) is 0 Å². The molecule has 41 heavy (non-hydrogen) atoms. The van der Waals surface area contributed by atoms with E-state index in [1.54, 1.807) is 27.4 Å². The average Bonchev–Trinajstić information content (AvgIpc) is 3.41. The van der Waals surface area contributed by atoms with Gasteiger partial charge in [-0.2, -0.15) is 0 Å². The van der Waals surface area contributed by atoms with E-state index in [-0.39, 0.29) is 53.3 Å². The van der Waals surface area contributed by atoms with E-state index in [4.69, 9.17) is 18.9 Å². The molecule has 1 heterocycles. The van der Waals surface area contributed by atoms with Crippen LogP contribution < -0.4 is 0 Å². The summed E-state index contributed by atoms with van der Waals surface area (Å²) >= 11 is 0. The molecule has 5 aliphatic carbocycles. The van der Waals surface area contributed by atoms with Gasteiger partial charge in [0.05, 0.1) is 30.5 Å². The van der Waals surface area contributed by atoms with Crippen molar-refractivity contribution in [2.45, 2.75) is 68.7 Å². The monoisotopic (exact) mass is 567 g/mol. The number of hydrogen-bond acceptors (Lipinski definition) is 8. The molecule has 2 N–H and O–H groups in total. The Morgan fingerprint density at radius 3 is 2.59 bits per heavy atom. The number of carbonyl (C=O) groups is 1. The van der Waals surface area contributed by atoms with Crippen LogP contribution in [-0.4, -0.2) is 98.2 Å². The van der Waals surface area contributed by atoms with Gasteiger partial charge in [-0.15, -0.1) is 0 Å². The Labute approximate surface area is 243 Å². The van der Waals surface area contributed by atoms with E-state index in [9.17, 15) is 15.0 Å². The Hall–Kier alpha value is -1.81. The Bertz CT molecular complexity index is 1190. The molecule has 1 spiro atoms. The first-order chi connectivity index (χ1) is 19.8. The molecule has 0 aromatic heterocycles. The van der Waals surface area contributed by atoms with Crippen molar-refractivity contribution >= 4 is 12.0 Å². The molecule has 224 valence electrons. The molecule has 8 heteroatoms. The van der Waals surface area contributed by atoms with Gasteiger partial charge < -0.3 is 29.2 Å². The van der Waals surface area contributed by atoms with Gasteiger partial charge in [-0.05, 0) is 43.4 Å². The smallest absolute Gasteiger partial charge is 0.331 e. The summed E-state index contributed by atoms with van der Waals surface area (Å²) in [7, 11) is 5.24. The topological polar surface area (TPSA) is 97.7 Å². The van der Waals surface area contributed by atoms with Crippen molar-refractivity contribution in [2.24, 2.45) is 40.4 Å². The number of hydrogen-bond donors (Lipinski definition) is 2. The third-order valence-corrected chi connectivity index (χ3v) is 12.6. The molecule has 0 radical (unpaired) electrons. The Balaban J connectivity index is 1.34. The fraction of sp³-hybridized carbons (Fsp3) is 0.727. The summed E-state index contributed by atoms with van der Waals surface area (Å²) in [5.74, 6) is -0.947. The van der Waals surface area contributed by atoms with Crippen molar-refractivity contribution in [3.63, 3.8) is 0 Å². The van der Waals surface area contributed by atoms with E-state index in [1.807, 2.05) is 30.3 Å². The third-order valence-electron chi connectivity index (χ3n) is 12.6. The van der Waals surface area contributed by atoms with Crippen LogP contribution in [0.4, 0.5) is 0 Å². The number of aliphatic hydroxyl groups is 2. The van der Waals surface area contributed by atoms with Crippen LogP contribution in [0.25, 0.3) is 6.08 Å². The zero-order chi connectivity index (χ0) is 28.7. The van der Waals surface area contributed by atoms with Gasteiger partial charge in [-0.3, -0.25) is 4.90 Å². The van der Waals surface area contributed by atoms with Gasteiger partial charge in [0.15, 0.2) is 0 Å². The number of likely N-dealkylation sites (tertiary alicyclic amines) is 1. The van der Waals surface area contributed by atoms with Crippen molar-refractivity contribution in [2.75, 3.05) is 41.0 Å². The van der Waals surface area contributed by atoms with Crippen LogP contribution in [0.2, 0.25) is 0 Å². The number of carbonyl (C=O) groups excluding carboxylic acids is 1. The molecule has 1 aliphatic heterocycles. The zero-order valence-electron chi connectivity index (χ0n) is 24.6. The Morgan fingerprint density at radius 2 is 1.90 bits per heavy atom. The van der Waals surface area contributed by atoms with E-state index in [0.29, 0.717) is 19.4 Å². The minimum absolute atomic E-state index is 0.0161. The predicted octanol–water partition coefficient (Wildman–Crippen LogP) is 2.77. The van der Waals surface area contributed by atoms with Crippen LogP contribution in [0, 0.1) is 40.4 Å². The number of piperidine rings is 1. The molecule has 1 saturated heterocycles. The number of ether oxygens (including phenoxy) is 4. The van der Waals surface area contributed by atoms with Gasteiger partial charge in [0.2, 0.25) is 0 Å². The van der Waals surface area contributed by atoms with Crippen molar-refractivity contribution in [3.05, 3.63) is 42.0 Å². The molecule has 6 aliphatic rings. The highest BCUT2D eigenvalue weighted by Gasteiger charge is 2.86.